The van der Waals surface area contributed by atoms with E-state index in [-0.39, 0.29) is 17.0 Å². The van der Waals surface area contributed by atoms with Gasteiger partial charge in [-0.3, -0.25) is 4.79 Å². The van der Waals surface area contributed by atoms with Crippen molar-refractivity contribution in [2.75, 3.05) is 6.54 Å². The summed E-state index contributed by atoms with van der Waals surface area (Å²) in [4.78, 5) is 12.3. The predicted molar refractivity (Wildman–Crippen MR) is 97.8 cm³/mol. The molecule has 1 unspecified atom stereocenters. The van der Waals surface area contributed by atoms with Crippen molar-refractivity contribution < 1.29 is 26.4 Å². The maximum atomic E-state index is 12.6. The Morgan fingerprint density at radius 1 is 1.18 bits per heavy atom. The molecule has 0 aliphatic rings. The van der Waals surface area contributed by atoms with Crippen molar-refractivity contribution >= 4 is 15.9 Å². The van der Waals surface area contributed by atoms with Crippen LogP contribution in [0.3, 0.4) is 0 Å². The SMILES string of the molecule is C#CCNS(=O)(=O)c1cccc(C(=O)NC(C)c2ccc(C(F)(F)F)cc2)c1. The molecule has 2 aromatic carbocycles. The maximum absolute atomic E-state index is 12.6. The van der Waals surface area contributed by atoms with Crippen LogP contribution >= 0.6 is 0 Å². The number of amides is 1. The molecule has 2 aromatic rings. The third-order valence-corrected chi connectivity index (χ3v) is 5.26. The summed E-state index contributed by atoms with van der Waals surface area (Å²) in [6.07, 6.45) is 0.592. The number of sulfonamides is 1. The average Bonchev–Trinajstić information content (AvgIpc) is 2.66. The summed E-state index contributed by atoms with van der Waals surface area (Å²) in [6.45, 7) is 1.42. The number of terminal acetylenes is 1. The number of nitrogens with one attached hydrogen (secondary N) is 2. The summed E-state index contributed by atoms with van der Waals surface area (Å²) in [6, 6.07) is 9.16. The van der Waals surface area contributed by atoms with E-state index in [4.69, 9.17) is 6.42 Å². The first-order chi connectivity index (χ1) is 13.0. The molecule has 0 heterocycles. The first-order valence-electron chi connectivity index (χ1n) is 8.06. The second-order valence-electron chi connectivity index (χ2n) is 5.87. The number of carbonyl (C=O) groups excluding carboxylic acids is 1. The molecule has 148 valence electrons. The molecule has 0 saturated carbocycles. The predicted octanol–water partition coefficient (Wildman–Crippen LogP) is 3.11. The van der Waals surface area contributed by atoms with E-state index in [1.807, 2.05) is 0 Å². The standard InChI is InChI=1S/C19H17F3N2O3S/c1-3-11-23-28(26,27)17-6-4-5-15(12-17)18(25)24-13(2)14-7-9-16(10-8-14)19(20,21)22/h1,4-10,12-13,23H,11H2,2H3,(H,24,25). The van der Waals surface area contributed by atoms with Gasteiger partial charge in [0, 0.05) is 5.56 Å². The summed E-state index contributed by atoms with van der Waals surface area (Å²) in [5.74, 6) is 1.58. The zero-order chi connectivity index (χ0) is 20.9. The van der Waals surface area contributed by atoms with Crippen molar-refractivity contribution in [2.45, 2.75) is 24.0 Å². The molecule has 0 aromatic heterocycles. The lowest BCUT2D eigenvalue weighted by atomic mass is 10.1. The van der Waals surface area contributed by atoms with Crippen LogP contribution in [0.4, 0.5) is 13.2 Å². The first kappa shape index (κ1) is 21.5. The van der Waals surface area contributed by atoms with Crippen LogP contribution in [0.5, 0.6) is 0 Å². The summed E-state index contributed by atoms with van der Waals surface area (Å²) in [5, 5.41) is 2.62. The van der Waals surface area contributed by atoms with Crippen molar-refractivity contribution in [1.82, 2.24) is 10.0 Å². The Morgan fingerprint density at radius 2 is 1.82 bits per heavy atom. The third-order valence-electron chi connectivity index (χ3n) is 3.86. The largest absolute Gasteiger partial charge is 0.416 e. The van der Waals surface area contributed by atoms with E-state index in [1.54, 1.807) is 6.92 Å². The van der Waals surface area contributed by atoms with E-state index in [9.17, 15) is 26.4 Å². The molecule has 0 bridgehead atoms. The maximum Gasteiger partial charge on any atom is 0.416 e. The molecular formula is C19H17F3N2O3S. The van der Waals surface area contributed by atoms with Crippen LogP contribution < -0.4 is 10.0 Å². The van der Waals surface area contributed by atoms with E-state index >= 15 is 0 Å². The monoisotopic (exact) mass is 410 g/mol. The normalized spacial score (nSPS) is 12.8. The number of carbonyl (C=O) groups is 1. The summed E-state index contributed by atoms with van der Waals surface area (Å²) >= 11 is 0. The number of benzene rings is 2. The van der Waals surface area contributed by atoms with Crippen LogP contribution in [-0.4, -0.2) is 20.9 Å². The molecule has 0 aliphatic heterocycles. The molecular weight excluding hydrogens is 393 g/mol. The molecule has 5 nitrogen and oxygen atoms in total. The zero-order valence-corrected chi connectivity index (χ0v) is 15.6. The minimum absolute atomic E-state index is 0.0855. The van der Waals surface area contributed by atoms with Crippen molar-refractivity contribution in [2.24, 2.45) is 0 Å². The van der Waals surface area contributed by atoms with Gasteiger partial charge in [0.25, 0.3) is 5.91 Å². The molecule has 0 radical (unpaired) electrons. The minimum Gasteiger partial charge on any atom is -0.346 e. The number of hydrogen-bond donors (Lipinski definition) is 2. The summed E-state index contributed by atoms with van der Waals surface area (Å²) < 4.78 is 64.3. The van der Waals surface area contributed by atoms with E-state index in [0.29, 0.717) is 5.56 Å². The Kier molecular flexibility index (Phi) is 6.48. The molecule has 0 fully saturated rings. The number of alkyl halides is 3. The molecule has 28 heavy (non-hydrogen) atoms. The van der Waals surface area contributed by atoms with Crippen LogP contribution in [0, 0.1) is 12.3 Å². The Hall–Kier alpha value is -2.83. The topological polar surface area (TPSA) is 75.3 Å². The minimum atomic E-state index is -4.44. The quantitative estimate of drug-likeness (QED) is 0.719. The molecule has 1 atom stereocenters. The van der Waals surface area contributed by atoms with Gasteiger partial charge in [0.1, 0.15) is 0 Å². The fourth-order valence-corrected chi connectivity index (χ4v) is 3.33. The number of rotatable bonds is 6. The lowest BCUT2D eigenvalue weighted by molar-refractivity contribution is -0.137. The van der Waals surface area contributed by atoms with Crippen molar-refractivity contribution in [3.63, 3.8) is 0 Å². The highest BCUT2D eigenvalue weighted by Gasteiger charge is 2.30. The van der Waals surface area contributed by atoms with Gasteiger partial charge in [-0.25, -0.2) is 8.42 Å². The lowest BCUT2D eigenvalue weighted by Gasteiger charge is -2.16. The first-order valence-corrected chi connectivity index (χ1v) is 9.54. The number of hydrogen-bond acceptors (Lipinski definition) is 3. The van der Waals surface area contributed by atoms with Gasteiger partial charge in [0.15, 0.2) is 0 Å². The lowest BCUT2D eigenvalue weighted by Crippen LogP contribution is -2.28. The van der Waals surface area contributed by atoms with Gasteiger partial charge >= 0.3 is 6.18 Å². The van der Waals surface area contributed by atoms with Crippen LogP contribution in [0.15, 0.2) is 53.4 Å². The van der Waals surface area contributed by atoms with Gasteiger partial charge < -0.3 is 5.32 Å². The fourth-order valence-electron chi connectivity index (χ4n) is 2.35. The van der Waals surface area contributed by atoms with Gasteiger partial charge in [0.2, 0.25) is 10.0 Å². The van der Waals surface area contributed by atoms with E-state index in [0.717, 1.165) is 12.1 Å². The molecule has 0 saturated heterocycles. The Balaban J connectivity index is 2.14. The van der Waals surface area contributed by atoms with Gasteiger partial charge in [-0.1, -0.05) is 24.1 Å². The Labute approximate surface area is 161 Å². The Bertz CT molecular complexity index is 994. The second-order valence-corrected chi connectivity index (χ2v) is 7.64. The van der Waals surface area contributed by atoms with Gasteiger partial charge in [-0.05, 0) is 42.8 Å². The van der Waals surface area contributed by atoms with Crippen molar-refractivity contribution in [1.29, 1.82) is 0 Å². The highest BCUT2D eigenvalue weighted by molar-refractivity contribution is 7.89. The second kappa shape index (κ2) is 8.46. The number of halogens is 3. The van der Waals surface area contributed by atoms with Crippen LogP contribution in [0.2, 0.25) is 0 Å². The van der Waals surface area contributed by atoms with Gasteiger partial charge in [-0.2, -0.15) is 17.9 Å². The Morgan fingerprint density at radius 3 is 2.39 bits per heavy atom. The molecule has 2 rings (SSSR count). The summed E-state index contributed by atoms with van der Waals surface area (Å²) in [5.41, 5.74) is -0.227. The zero-order valence-electron chi connectivity index (χ0n) is 14.7. The molecule has 9 heteroatoms. The summed E-state index contributed by atoms with van der Waals surface area (Å²) in [7, 11) is -3.86. The van der Waals surface area contributed by atoms with Crippen molar-refractivity contribution in [3.8, 4) is 12.3 Å². The molecule has 2 N–H and O–H groups in total. The molecule has 1 amide bonds. The third kappa shape index (κ3) is 5.34. The fraction of sp³-hybridized carbons (Fsp3) is 0.211. The molecule has 0 spiro atoms. The smallest absolute Gasteiger partial charge is 0.346 e. The average molecular weight is 410 g/mol. The van der Waals surface area contributed by atoms with Gasteiger partial charge in [0.05, 0.1) is 23.0 Å². The van der Waals surface area contributed by atoms with Gasteiger partial charge in [-0.15, -0.1) is 6.42 Å². The van der Waals surface area contributed by atoms with Crippen LogP contribution in [0.1, 0.15) is 34.5 Å². The highest BCUT2D eigenvalue weighted by atomic mass is 32.2. The van der Waals surface area contributed by atoms with E-state index < -0.39 is 33.7 Å². The van der Waals surface area contributed by atoms with Crippen LogP contribution in [0.25, 0.3) is 0 Å². The molecule has 0 aliphatic carbocycles. The van der Waals surface area contributed by atoms with E-state index in [1.165, 1.54) is 36.4 Å². The van der Waals surface area contributed by atoms with Crippen LogP contribution in [-0.2, 0) is 16.2 Å². The van der Waals surface area contributed by atoms with E-state index in [2.05, 4.69) is 16.0 Å². The van der Waals surface area contributed by atoms with Crippen molar-refractivity contribution in [3.05, 3.63) is 65.2 Å². The highest BCUT2D eigenvalue weighted by Crippen LogP contribution is 2.29.